The van der Waals surface area contributed by atoms with Crippen molar-refractivity contribution < 1.29 is 26.7 Å². The zero-order chi connectivity index (χ0) is 17.0. The molecule has 0 amide bonds. The van der Waals surface area contributed by atoms with Crippen LogP contribution >= 0.6 is 15.9 Å². The van der Waals surface area contributed by atoms with Gasteiger partial charge in [-0.25, -0.2) is 13.2 Å². The molecule has 0 aliphatic heterocycles. The van der Waals surface area contributed by atoms with Crippen molar-refractivity contribution in [2.24, 2.45) is 0 Å². The Morgan fingerprint density at radius 1 is 1.04 bits per heavy atom. The van der Waals surface area contributed by atoms with Crippen LogP contribution in [0.4, 0.5) is 8.78 Å². The highest BCUT2D eigenvalue weighted by atomic mass is 79.9. The van der Waals surface area contributed by atoms with Gasteiger partial charge in [0.25, 0.3) is 0 Å². The average molecular weight is 405 g/mol. The Labute approximate surface area is 140 Å². The number of benzene rings is 2. The molecule has 0 N–H and O–H groups in total. The number of hydrogen-bond donors (Lipinski definition) is 0. The third-order valence-corrected chi connectivity index (χ3v) is 4.86. The number of esters is 1. The SMILES string of the molecule is O=C(OCc1ccc(Br)cc1)c1ccc(S(=O)(=O)C(F)F)cc1. The predicted molar refractivity (Wildman–Crippen MR) is 82.9 cm³/mol. The van der Waals surface area contributed by atoms with Crippen molar-refractivity contribution in [1.82, 2.24) is 0 Å². The van der Waals surface area contributed by atoms with E-state index in [2.05, 4.69) is 15.9 Å². The lowest BCUT2D eigenvalue weighted by Crippen LogP contribution is -2.12. The van der Waals surface area contributed by atoms with Crippen LogP contribution in [0.15, 0.2) is 57.9 Å². The van der Waals surface area contributed by atoms with E-state index in [1.807, 2.05) is 0 Å². The standard InChI is InChI=1S/C15H11BrF2O4S/c16-12-5-1-10(2-6-12)9-22-14(19)11-3-7-13(8-4-11)23(20,21)15(17)18/h1-8,15H,9H2. The number of rotatable bonds is 5. The van der Waals surface area contributed by atoms with E-state index in [9.17, 15) is 22.0 Å². The van der Waals surface area contributed by atoms with E-state index in [-0.39, 0.29) is 12.2 Å². The van der Waals surface area contributed by atoms with Gasteiger partial charge in [-0.3, -0.25) is 0 Å². The van der Waals surface area contributed by atoms with Gasteiger partial charge < -0.3 is 4.74 Å². The Hall–Kier alpha value is -1.80. The maximum Gasteiger partial charge on any atom is 0.341 e. The number of hydrogen-bond acceptors (Lipinski definition) is 4. The lowest BCUT2D eigenvalue weighted by atomic mass is 10.2. The predicted octanol–water partition coefficient (Wildman–Crippen LogP) is 3.80. The summed E-state index contributed by atoms with van der Waals surface area (Å²) in [6.45, 7) is 0.0448. The maximum absolute atomic E-state index is 12.4. The fourth-order valence-corrected chi connectivity index (χ4v) is 2.68. The summed E-state index contributed by atoms with van der Waals surface area (Å²) in [5, 5.41) is 0. The second-order valence-corrected chi connectivity index (χ2v) is 7.37. The summed E-state index contributed by atoms with van der Waals surface area (Å²) in [6, 6.07) is 11.3. The summed E-state index contributed by atoms with van der Waals surface area (Å²) in [7, 11) is -4.67. The molecule has 0 aromatic heterocycles. The van der Waals surface area contributed by atoms with E-state index in [0.29, 0.717) is 0 Å². The Kier molecular flexibility index (Phi) is 5.48. The molecule has 0 aliphatic carbocycles. The molecule has 0 radical (unpaired) electrons. The second kappa shape index (κ2) is 7.18. The highest BCUT2D eigenvalue weighted by Gasteiger charge is 2.26. The molecule has 8 heteroatoms. The van der Waals surface area contributed by atoms with E-state index in [4.69, 9.17) is 4.74 Å². The van der Waals surface area contributed by atoms with Crippen molar-refractivity contribution >= 4 is 31.7 Å². The monoisotopic (exact) mass is 404 g/mol. The van der Waals surface area contributed by atoms with Crippen LogP contribution in [0.25, 0.3) is 0 Å². The zero-order valence-corrected chi connectivity index (χ0v) is 14.0. The number of carbonyl (C=O) groups excluding carboxylic acids is 1. The first-order chi connectivity index (χ1) is 10.8. The van der Waals surface area contributed by atoms with Crippen molar-refractivity contribution in [3.63, 3.8) is 0 Å². The average Bonchev–Trinajstić information content (AvgIpc) is 2.54. The lowest BCUT2D eigenvalue weighted by Gasteiger charge is -2.07. The van der Waals surface area contributed by atoms with Crippen LogP contribution in [0.2, 0.25) is 0 Å². The first kappa shape index (κ1) is 17.6. The molecular formula is C15H11BrF2O4S. The molecule has 0 saturated carbocycles. The summed E-state index contributed by atoms with van der Waals surface area (Å²) >= 11 is 3.28. The minimum atomic E-state index is -4.67. The fourth-order valence-electron chi connectivity index (χ4n) is 1.70. The summed E-state index contributed by atoms with van der Waals surface area (Å²) in [5.74, 6) is -4.17. The van der Waals surface area contributed by atoms with E-state index in [1.165, 1.54) is 0 Å². The quantitative estimate of drug-likeness (QED) is 0.711. The number of alkyl halides is 2. The van der Waals surface area contributed by atoms with Crippen LogP contribution in [0.3, 0.4) is 0 Å². The summed E-state index contributed by atoms with van der Waals surface area (Å²) in [4.78, 5) is 11.3. The highest BCUT2D eigenvalue weighted by Crippen LogP contribution is 2.19. The molecule has 0 fully saturated rings. The summed E-state index contributed by atoms with van der Waals surface area (Å²) in [5.41, 5.74) is 0.855. The first-order valence-electron chi connectivity index (χ1n) is 6.34. The van der Waals surface area contributed by atoms with E-state index in [1.54, 1.807) is 24.3 Å². The van der Waals surface area contributed by atoms with Crippen molar-refractivity contribution in [3.8, 4) is 0 Å². The fraction of sp³-hybridized carbons (Fsp3) is 0.133. The van der Waals surface area contributed by atoms with E-state index < -0.39 is 26.5 Å². The zero-order valence-electron chi connectivity index (χ0n) is 11.6. The van der Waals surface area contributed by atoms with Crippen molar-refractivity contribution in [2.75, 3.05) is 0 Å². The largest absolute Gasteiger partial charge is 0.457 e. The highest BCUT2D eigenvalue weighted by molar-refractivity contribution is 9.10. The Balaban J connectivity index is 2.04. The second-order valence-electron chi connectivity index (χ2n) is 4.53. The molecule has 0 unspecified atom stereocenters. The molecule has 0 bridgehead atoms. The van der Waals surface area contributed by atoms with Gasteiger partial charge in [-0.15, -0.1) is 0 Å². The van der Waals surface area contributed by atoms with Gasteiger partial charge in [0.05, 0.1) is 10.5 Å². The van der Waals surface area contributed by atoms with Crippen molar-refractivity contribution in [1.29, 1.82) is 0 Å². The van der Waals surface area contributed by atoms with Crippen molar-refractivity contribution in [2.45, 2.75) is 17.3 Å². The number of halogens is 3. The molecule has 0 aliphatic rings. The van der Waals surface area contributed by atoms with Gasteiger partial charge in [0.15, 0.2) is 0 Å². The van der Waals surface area contributed by atoms with E-state index in [0.717, 1.165) is 34.3 Å². The smallest absolute Gasteiger partial charge is 0.341 e. The van der Waals surface area contributed by atoms with Crippen LogP contribution in [-0.2, 0) is 21.2 Å². The third kappa shape index (κ3) is 4.35. The Morgan fingerprint density at radius 3 is 2.13 bits per heavy atom. The molecule has 0 saturated heterocycles. The Morgan fingerprint density at radius 2 is 1.61 bits per heavy atom. The van der Waals surface area contributed by atoms with Crippen LogP contribution in [0.5, 0.6) is 0 Å². The van der Waals surface area contributed by atoms with Gasteiger partial charge in [0, 0.05) is 4.47 Å². The molecule has 0 spiro atoms. The van der Waals surface area contributed by atoms with Crippen molar-refractivity contribution in [3.05, 3.63) is 64.1 Å². The molecule has 23 heavy (non-hydrogen) atoms. The van der Waals surface area contributed by atoms with Gasteiger partial charge in [0.1, 0.15) is 6.61 Å². The van der Waals surface area contributed by atoms with Crippen LogP contribution in [0, 0.1) is 0 Å². The first-order valence-corrected chi connectivity index (χ1v) is 8.68. The molecule has 0 atom stereocenters. The summed E-state index contributed by atoms with van der Waals surface area (Å²) < 4.78 is 53.4. The minimum absolute atomic E-state index is 0.0448. The molecule has 2 aromatic carbocycles. The molecular weight excluding hydrogens is 394 g/mol. The summed E-state index contributed by atoms with van der Waals surface area (Å²) in [6.07, 6.45) is 0. The normalized spacial score (nSPS) is 11.5. The molecule has 122 valence electrons. The van der Waals surface area contributed by atoms with Crippen LogP contribution < -0.4 is 0 Å². The van der Waals surface area contributed by atoms with Gasteiger partial charge in [-0.1, -0.05) is 28.1 Å². The molecule has 4 nitrogen and oxygen atoms in total. The van der Waals surface area contributed by atoms with E-state index >= 15 is 0 Å². The van der Waals surface area contributed by atoms with Crippen LogP contribution in [0.1, 0.15) is 15.9 Å². The van der Waals surface area contributed by atoms with Gasteiger partial charge in [-0.05, 0) is 42.0 Å². The topological polar surface area (TPSA) is 60.4 Å². The van der Waals surface area contributed by atoms with Crippen LogP contribution in [-0.4, -0.2) is 20.1 Å². The Bertz CT molecular complexity index is 787. The van der Waals surface area contributed by atoms with Gasteiger partial charge in [0.2, 0.25) is 9.84 Å². The number of carbonyl (C=O) groups is 1. The minimum Gasteiger partial charge on any atom is -0.457 e. The maximum atomic E-state index is 12.4. The number of ether oxygens (including phenoxy) is 1. The molecule has 2 rings (SSSR count). The number of sulfone groups is 1. The van der Waals surface area contributed by atoms with Gasteiger partial charge >= 0.3 is 11.7 Å². The third-order valence-electron chi connectivity index (χ3n) is 2.94. The molecule has 2 aromatic rings. The van der Waals surface area contributed by atoms with Gasteiger partial charge in [-0.2, -0.15) is 8.78 Å². The molecule has 0 heterocycles. The lowest BCUT2D eigenvalue weighted by molar-refractivity contribution is 0.0472.